The molecule has 7 heteroatoms. The first-order valence-corrected chi connectivity index (χ1v) is 6.19. The van der Waals surface area contributed by atoms with Crippen LogP contribution in [0, 0.1) is 0 Å². The zero-order chi connectivity index (χ0) is 11.5. The number of amides is 1. The third-order valence-corrected chi connectivity index (χ3v) is 3.41. The Morgan fingerprint density at radius 2 is 1.89 bits per heavy atom. The normalized spacial score (nSPS) is 15.6. The summed E-state index contributed by atoms with van der Waals surface area (Å²) in [5.74, 6) is 0.608. The number of carbonyl (C=O) groups is 1. The van der Waals surface area contributed by atoms with Gasteiger partial charge in [-0.25, -0.2) is 4.98 Å². The molecule has 0 atom stereocenters. The van der Waals surface area contributed by atoms with Gasteiger partial charge in [-0.3, -0.25) is 9.78 Å². The number of halogens is 3. The number of hydrogen-bond acceptors (Lipinski definition) is 3. The Hall–Kier alpha value is -0.0100. The summed E-state index contributed by atoms with van der Waals surface area (Å²) in [5, 5.41) is 0. The van der Waals surface area contributed by atoms with Gasteiger partial charge in [0, 0.05) is 25.9 Å². The molecule has 1 aromatic heterocycles. The maximum absolute atomic E-state index is 11.2. The molecule has 1 aromatic rings. The third kappa shape index (κ3) is 4.59. The second kappa shape index (κ2) is 8.22. The Kier molecular flexibility index (Phi) is 8.21. The van der Waals surface area contributed by atoms with Crippen LogP contribution < -0.4 is 0 Å². The fraction of sp³-hybridized carbons (Fsp3) is 0.545. The van der Waals surface area contributed by atoms with Crippen molar-refractivity contribution in [2.75, 3.05) is 13.1 Å². The van der Waals surface area contributed by atoms with Crippen molar-refractivity contribution >= 4 is 55.8 Å². The molecule has 1 aliphatic rings. The molecule has 1 fully saturated rings. The predicted molar refractivity (Wildman–Crippen MR) is 84.6 cm³/mol. The Morgan fingerprint density at radius 3 is 2.33 bits per heavy atom. The van der Waals surface area contributed by atoms with Gasteiger partial charge in [0.1, 0.15) is 4.60 Å². The van der Waals surface area contributed by atoms with E-state index in [0.29, 0.717) is 5.92 Å². The largest absolute Gasteiger partial charge is 0.343 e. The highest BCUT2D eigenvalue weighted by Crippen LogP contribution is 2.26. The van der Waals surface area contributed by atoms with E-state index in [4.69, 9.17) is 0 Å². The van der Waals surface area contributed by atoms with Gasteiger partial charge in [-0.2, -0.15) is 0 Å². The zero-order valence-corrected chi connectivity index (χ0v) is 15.0. The lowest BCUT2D eigenvalue weighted by Gasteiger charge is -2.30. The minimum absolute atomic E-state index is 0. The van der Waals surface area contributed by atoms with Crippen LogP contribution in [-0.2, 0) is 4.79 Å². The molecule has 0 unspecified atom stereocenters. The minimum Gasteiger partial charge on any atom is -0.343 e. The van der Waals surface area contributed by atoms with Crippen molar-refractivity contribution in [2.45, 2.75) is 25.7 Å². The summed E-state index contributed by atoms with van der Waals surface area (Å²) in [7, 11) is 0. The molecule has 4 nitrogen and oxygen atoms in total. The van der Waals surface area contributed by atoms with Gasteiger partial charge in [-0.1, -0.05) is 0 Å². The number of aromatic nitrogens is 2. The molecule has 0 N–H and O–H groups in total. The fourth-order valence-corrected chi connectivity index (χ4v) is 2.23. The first kappa shape index (κ1) is 18.0. The highest BCUT2D eigenvalue weighted by molar-refractivity contribution is 9.10. The van der Waals surface area contributed by atoms with Gasteiger partial charge in [-0.15, -0.1) is 34.0 Å². The van der Waals surface area contributed by atoms with E-state index < -0.39 is 0 Å². The van der Waals surface area contributed by atoms with Crippen molar-refractivity contribution in [2.24, 2.45) is 0 Å². The van der Waals surface area contributed by atoms with Crippen LogP contribution in [-0.4, -0.2) is 33.9 Å². The van der Waals surface area contributed by atoms with E-state index in [1.165, 1.54) is 0 Å². The van der Waals surface area contributed by atoms with Crippen molar-refractivity contribution in [3.05, 3.63) is 22.7 Å². The van der Waals surface area contributed by atoms with Crippen LogP contribution >= 0.6 is 49.9 Å². The van der Waals surface area contributed by atoms with Crippen molar-refractivity contribution in [1.29, 1.82) is 0 Å². The monoisotopic (exact) mass is 443 g/mol. The van der Waals surface area contributed by atoms with Gasteiger partial charge < -0.3 is 4.90 Å². The molecule has 0 radical (unpaired) electrons. The van der Waals surface area contributed by atoms with Crippen molar-refractivity contribution in [1.82, 2.24) is 14.9 Å². The van der Waals surface area contributed by atoms with E-state index in [-0.39, 0.29) is 39.9 Å². The zero-order valence-electron chi connectivity index (χ0n) is 10.0. The molecular formula is C11H16Br3N3O. The summed E-state index contributed by atoms with van der Waals surface area (Å²) >= 11 is 3.27. The van der Waals surface area contributed by atoms with E-state index in [9.17, 15) is 4.79 Å². The Bertz CT molecular complexity index is 378. The summed E-state index contributed by atoms with van der Waals surface area (Å²) in [4.78, 5) is 21.6. The van der Waals surface area contributed by atoms with E-state index >= 15 is 0 Å². The summed E-state index contributed by atoms with van der Waals surface area (Å²) in [6, 6.07) is 0. The molecule has 2 rings (SSSR count). The first-order valence-electron chi connectivity index (χ1n) is 5.40. The Labute approximate surface area is 136 Å². The lowest BCUT2D eigenvalue weighted by molar-refractivity contribution is -0.129. The SMILES string of the molecule is Br.Br.CC(=O)N1CCC(c2cnc(Br)cn2)CC1. The second-order valence-electron chi connectivity index (χ2n) is 4.04. The number of carbonyl (C=O) groups excluding carboxylic acids is 1. The standard InChI is InChI=1S/C11H14BrN3O.2BrH/c1-8(16)15-4-2-9(3-5-15)10-6-14-11(12)7-13-10;;/h6-7,9H,2-5H2,1H3;2*1H. The molecule has 18 heavy (non-hydrogen) atoms. The second-order valence-corrected chi connectivity index (χ2v) is 4.86. The summed E-state index contributed by atoms with van der Waals surface area (Å²) in [6.07, 6.45) is 5.51. The third-order valence-electron chi connectivity index (χ3n) is 3.00. The molecular weight excluding hydrogens is 430 g/mol. The molecule has 102 valence electrons. The van der Waals surface area contributed by atoms with E-state index in [2.05, 4.69) is 25.9 Å². The van der Waals surface area contributed by atoms with Crippen LogP contribution in [0.25, 0.3) is 0 Å². The van der Waals surface area contributed by atoms with E-state index in [1.54, 1.807) is 13.1 Å². The van der Waals surface area contributed by atoms with E-state index in [0.717, 1.165) is 36.2 Å². The maximum Gasteiger partial charge on any atom is 0.219 e. The Balaban J connectivity index is 0.00000144. The molecule has 0 aromatic carbocycles. The minimum atomic E-state index is 0. The highest BCUT2D eigenvalue weighted by Gasteiger charge is 2.22. The van der Waals surface area contributed by atoms with Gasteiger partial charge in [0.2, 0.25) is 5.91 Å². The average Bonchev–Trinajstić information content (AvgIpc) is 2.30. The van der Waals surface area contributed by atoms with Crippen LogP contribution in [0.3, 0.4) is 0 Å². The summed E-state index contributed by atoms with van der Waals surface area (Å²) in [6.45, 7) is 3.29. The number of piperidine rings is 1. The van der Waals surface area contributed by atoms with Crippen LogP contribution in [0.1, 0.15) is 31.4 Å². The predicted octanol–water partition coefficient (Wildman–Crippen LogP) is 3.12. The van der Waals surface area contributed by atoms with Crippen molar-refractivity contribution in [3.63, 3.8) is 0 Å². The van der Waals surface area contributed by atoms with Gasteiger partial charge in [0.15, 0.2) is 0 Å². The summed E-state index contributed by atoms with van der Waals surface area (Å²) in [5.41, 5.74) is 1.03. The smallest absolute Gasteiger partial charge is 0.219 e. The first-order chi connectivity index (χ1) is 7.66. The van der Waals surface area contributed by atoms with Gasteiger partial charge in [-0.05, 0) is 28.8 Å². The molecule has 1 aliphatic heterocycles. The fourth-order valence-electron chi connectivity index (χ4n) is 2.02. The summed E-state index contributed by atoms with van der Waals surface area (Å²) < 4.78 is 0.762. The molecule has 1 amide bonds. The highest BCUT2D eigenvalue weighted by atomic mass is 79.9. The quantitative estimate of drug-likeness (QED) is 0.667. The van der Waals surface area contributed by atoms with Crippen molar-refractivity contribution < 1.29 is 4.79 Å². The maximum atomic E-state index is 11.2. The van der Waals surface area contributed by atoms with Gasteiger partial charge in [0.25, 0.3) is 0 Å². The molecule has 2 heterocycles. The lowest BCUT2D eigenvalue weighted by Crippen LogP contribution is -2.36. The van der Waals surface area contributed by atoms with Gasteiger partial charge in [0.05, 0.1) is 18.1 Å². The van der Waals surface area contributed by atoms with Crippen LogP contribution in [0.4, 0.5) is 0 Å². The topological polar surface area (TPSA) is 46.1 Å². The van der Waals surface area contributed by atoms with Crippen LogP contribution in [0.2, 0.25) is 0 Å². The molecule has 1 saturated heterocycles. The molecule has 0 saturated carbocycles. The molecule has 0 spiro atoms. The lowest BCUT2D eigenvalue weighted by atomic mass is 9.94. The number of rotatable bonds is 1. The van der Waals surface area contributed by atoms with E-state index in [1.807, 2.05) is 11.1 Å². The number of likely N-dealkylation sites (tertiary alicyclic amines) is 1. The number of nitrogens with zero attached hydrogens (tertiary/aromatic N) is 3. The van der Waals surface area contributed by atoms with Crippen LogP contribution in [0.15, 0.2) is 17.0 Å². The number of hydrogen-bond donors (Lipinski definition) is 0. The van der Waals surface area contributed by atoms with Crippen molar-refractivity contribution in [3.8, 4) is 0 Å². The van der Waals surface area contributed by atoms with Crippen LogP contribution in [0.5, 0.6) is 0 Å². The Morgan fingerprint density at radius 1 is 1.28 bits per heavy atom. The molecule has 0 bridgehead atoms. The molecule has 0 aliphatic carbocycles. The average molecular weight is 446 g/mol. The van der Waals surface area contributed by atoms with Gasteiger partial charge >= 0.3 is 0 Å².